The molecule has 0 aliphatic carbocycles. The molecule has 9 nitrogen and oxygen atoms in total. The Kier molecular flexibility index (Phi) is 7.06. The van der Waals surface area contributed by atoms with Gasteiger partial charge in [0.15, 0.2) is 17.1 Å². The molecule has 0 amide bonds. The van der Waals surface area contributed by atoms with E-state index in [4.69, 9.17) is 19.0 Å². The summed E-state index contributed by atoms with van der Waals surface area (Å²) in [6, 6.07) is 11.2. The van der Waals surface area contributed by atoms with E-state index >= 15 is 0 Å². The molecule has 3 N–H and O–H groups in total. The minimum atomic E-state index is -3.78. The van der Waals surface area contributed by atoms with Crippen LogP contribution < -0.4 is 19.9 Å². The van der Waals surface area contributed by atoms with Crippen LogP contribution in [0.4, 0.5) is 6.01 Å². The Morgan fingerprint density at radius 3 is 2.52 bits per heavy atom. The van der Waals surface area contributed by atoms with E-state index in [1.54, 1.807) is 6.07 Å². The summed E-state index contributed by atoms with van der Waals surface area (Å²) in [6.45, 7) is 7.85. The Hall–Kier alpha value is -2.82. The van der Waals surface area contributed by atoms with Gasteiger partial charge in [-0.25, -0.2) is 13.6 Å². The molecule has 178 valence electrons. The summed E-state index contributed by atoms with van der Waals surface area (Å²) in [7, 11) is -3.78. The fourth-order valence-corrected chi connectivity index (χ4v) is 4.54. The normalized spacial score (nSPS) is 15.6. The molecule has 0 saturated carbocycles. The van der Waals surface area contributed by atoms with Crippen molar-refractivity contribution in [2.45, 2.75) is 44.2 Å². The SMILES string of the molecule is CCOc1ccc(CN2CCC(Nc3nc4cc(S(N)(=O)=O)ccc4o3)CC2)cc1OCC. The number of ether oxygens (including phenoxy) is 2. The molecule has 2 aromatic carbocycles. The summed E-state index contributed by atoms with van der Waals surface area (Å²) in [4.78, 5) is 6.81. The van der Waals surface area contributed by atoms with E-state index in [1.807, 2.05) is 19.9 Å². The minimum absolute atomic E-state index is 0.0185. The second-order valence-electron chi connectivity index (χ2n) is 8.04. The number of aromatic nitrogens is 1. The Morgan fingerprint density at radius 1 is 1.09 bits per heavy atom. The van der Waals surface area contributed by atoms with Crippen molar-refractivity contribution in [1.29, 1.82) is 0 Å². The molecule has 0 atom stereocenters. The van der Waals surface area contributed by atoms with Gasteiger partial charge in [0, 0.05) is 25.7 Å². The predicted molar refractivity (Wildman–Crippen MR) is 126 cm³/mol. The molecule has 33 heavy (non-hydrogen) atoms. The van der Waals surface area contributed by atoms with Crippen molar-refractivity contribution in [3.8, 4) is 11.5 Å². The van der Waals surface area contributed by atoms with E-state index in [0.29, 0.717) is 30.3 Å². The largest absolute Gasteiger partial charge is 0.490 e. The van der Waals surface area contributed by atoms with Gasteiger partial charge in [0.2, 0.25) is 10.0 Å². The Bertz CT molecular complexity index is 1200. The lowest BCUT2D eigenvalue weighted by Crippen LogP contribution is -2.38. The molecule has 0 spiro atoms. The number of primary sulfonamides is 1. The Labute approximate surface area is 193 Å². The standard InChI is InChI=1S/C23H30N4O5S/c1-3-30-21-7-5-16(13-22(21)31-4-2)15-27-11-9-17(10-12-27)25-23-26-19-14-18(33(24,28)29)6-8-20(19)32-23/h5-8,13-14,17H,3-4,9-12,15H2,1-2H3,(H,25,26)(H2,24,28,29). The Balaban J connectivity index is 1.34. The minimum Gasteiger partial charge on any atom is -0.490 e. The maximum Gasteiger partial charge on any atom is 0.295 e. The number of piperidine rings is 1. The van der Waals surface area contributed by atoms with Crippen LogP contribution in [0.2, 0.25) is 0 Å². The second-order valence-corrected chi connectivity index (χ2v) is 9.60. The van der Waals surface area contributed by atoms with Crippen molar-refractivity contribution in [2.75, 3.05) is 31.6 Å². The molecule has 4 rings (SSSR count). The number of nitrogens with two attached hydrogens (primary N) is 1. The summed E-state index contributed by atoms with van der Waals surface area (Å²) < 4.78 is 40.2. The summed E-state index contributed by atoms with van der Waals surface area (Å²) >= 11 is 0. The molecule has 1 saturated heterocycles. The average molecular weight is 475 g/mol. The molecule has 2 heterocycles. The summed E-state index contributed by atoms with van der Waals surface area (Å²) in [5.74, 6) is 1.57. The number of hydrogen-bond donors (Lipinski definition) is 2. The fourth-order valence-electron chi connectivity index (χ4n) is 4.01. The van der Waals surface area contributed by atoms with E-state index in [9.17, 15) is 8.42 Å². The number of oxazole rings is 1. The van der Waals surface area contributed by atoms with Crippen molar-refractivity contribution in [2.24, 2.45) is 5.14 Å². The smallest absolute Gasteiger partial charge is 0.295 e. The number of fused-ring (bicyclic) bond motifs is 1. The monoisotopic (exact) mass is 474 g/mol. The molecular weight excluding hydrogens is 444 g/mol. The highest BCUT2D eigenvalue weighted by Gasteiger charge is 2.21. The lowest BCUT2D eigenvalue weighted by Gasteiger charge is -2.32. The quantitative estimate of drug-likeness (QED) is 0.484. The van der Waals surface area contributed by atoms with Gasteiger partial charge >= 0.3 is 0 Å². The van der Waals surface area contributed by atoms with Crippen molar-refractivity contribution >= 4 is 27.1 Å². The number of hydrogen-bond acceptors (Lipinski definition) is 8. The highest BCUT2D eigenvalue weighted by molar-refractivity contribution is 7.89. The lowest BCUT2D eigenvalue weighted by atomic mass is 10.0. The van der Waals surface area contributed by atoms with Gasteiger partial charge < -0.3 is 19.2 Å². The number of benzene rings is 2. The third-order valence-electron chi connectivity index (χ3n) is 5.62. The van der Waals surface area contributed by atoms with E-state index in [0.717, 1.165) is 44.0 Å². The molecule has 3 aromatic rings. The molecule has 1 fully saturated rings. The number of nitrogens with zero attached hydrogens (tertiary/aromatic N) is 2. The van der Waals surface area contributed by atoms with Gasteiger partial charge in [-0.15, -0.1) is 0 Å². The number of likely N-dealkylation sites (tertiary alicyclic amines) is 1. The van der Waals surface area contributed by atoms with E-state index in [1.165, 1.54) is 17.7 Å². The van der Waals surface area contributed by atoms with Gasteiger partial charge in [0.1, 0.15) is 5.52 Å². The lowest BCUT2D eigenvalue weighted by molar-refractivity contribution is 0.209. The fraction of sp³-hybridized carbons (Fsp3) is 0.435. The van der Waals surface area contributed by atoms with Crippen molar-refractivity contribution < 1.29 is 22.3 Å². The van der Waals surface area contributed by atoms with E-state index < -0.39 is 10.0 Å². The van der Waals surface area contributed by atoms with Crippen molar-refractivity contribution in [3.05, 3.63) is 42.0 Å². The van der Waals surface area contributed by atoms with Gasteiger partial charge in [-0.05, 0) is 62.6 Å². The van der Waals surface area contributed by atoms with Crippen LogP contribution in [-0.2, 0) is 16.6 Å². The zero-order valence-corrected chi connectivity index (χ0v) is 19.7. The first kappa shape index (κ1) is 23.3. The topological polar surface area (TPSA) is 120 Å². The number of rotatable bonds is 9. The maximum absolute atomic E-state index is 11.5. The van der Waals surface area contributed by atoms with Crippen LogP contribution in [0.1, 0.15) is 32.3 Å². The molecule has 10 heteroatoms. The van der Waals surface area contributed by atoms with Crippen LogP contribution in [0, 0.1) is 0 Å². The van der Waals surface area contributed by atoms with E-state index in [2.05, 4.69) is 27.3 Å². The van der Waals surface area contributed by atoms with Gasteiger partial charge in [-0.1, -0.05) is 6.07 Å². The molecule has 0 bridgehead atoms. The third kappa shape index (κ3) is 5.76. The zero-order valence-electron chi connectivity index (χ0n) is 18.9. The first-order valence-corrected chi connectivity index (χ1v) is 12.7. The number of sulfonamides is 1. The molecule has 1 aliphatic heterocycles. The van der Waals surface area contributed by atoms with Crippen LogP contribution >= 0.6 is 0 Å². The third-order valence-corrected chi connectivity index (χ3v) is 6.53. The highest BCUT2D eigenvalue weighted by atomic mass is 32.2. The second kappa shape index (κ2) is 9.98. The van der Waals surface area contributed by atoms with E-state index in [-0.39, 0.29) is 10.9 Å². The highest BCUT2D eigenvalue weighted by Crippen LogP contribution is 2.30. The summed E-state index contributed by atoms with van der Waals surface area (Å²) in [6.07, 6.45) is 1.88. The zero-order chi connectivity index (χ0) is 23.4. The van der Waals surface area contributed by atoms with Crippen molar-refractivity contribution in [3.63, 3.8) is 0 Å². The maximum atomic E-state index is 11.5. The van der Waals surface area contributed by atoms with Crippen LogP contribution in [-0.4, -0.2) is 50.6 Å². The van der Waals surface area contributed by atoms with Crippen LogP contribution in [0.5, 0.6) is 11.5 Å². The van der Waals surface area contributed by atoms with Gasteiger partial charge in [0.25, 0.3) is 6.01 Å². The average Bonchev–Trinajstić information content (AvgIpc) is 3.18. The molecule has 1 aliphatic rings. The summed E-state index contributed by atoms with van der Waals surface area (Å²) in [5.41, 5.74) is 2.17. The molecular formula is C23H30N4O5S. The van der Waals surface area contributed by atoms with Crippen LogP contribution in [0.25, 0.3) is 11.1 Å². The van der Waals surface area contributed by atoms with Crippen LogP contribution in [0.3, 0.4) is 0 Å². The first-order chi connectivity index (χ1) is 15.9. The Morgan fingerprint density at radius 2 is 1.82 bits per heavy atom. The van der Waals surface area contributed by atoms with Gasteiger partial charge in [-0.2, -0.15) is 4.98 Å². The van der Waals surface area contributed by atoms with Gasteiger partial charge in [0.05, 0.1) is 18.1 Å². The predicted octanol–water partition coefficient (Wildman–Crippen LogP) is 3.35. The first-order valence-electron chi connectivity index (χ1n) is 11.2. The number of nitrogens with one attached hydrogen (secondary N) is 1. The summed E-state index contributed by atoms with van der Waals surface area (Å²) in [5, 5.41) is 8.54. The number of anilines is 1. The van der Waals surface area contributed by atoms with Crippen molar-refractivity contribution in [1.82, 2.24) is 9.88 Å². The molecule has 0 radical (unpaired) electrons. The molecule has 1 aromatic heterocycles. The van der Waals surface area contributed by atoms with Crippen LogP contribution in [0.15, 0.2) is 45.7 Å². The molecule has 0 unspecified atom stereocenters. The van der Waals surface area contributed by atoms with Gasteiger partial charge in [-0.3, -0.25) is 4.90 Å².